The molecular weight excluding hydrogens is 410 g/mol. The molecule has 0 unspecified atom stereocenters. The number of anilines is 1. The third-order valence-corrected chi connectivity index (χ3v) is 5.28. The van der Waals surface area contributed by atoms with Crippen molar-refractivity contribution < 1.29 is 24.2 Å². The molecule has 0 heterocycles. The maximum atomic E-state index is 12.5. The van der Waals surface area contributed by atoms with E-state index < -0.39 is 18.2 Å². The van der Waals surface area contributed by atoms with Crippen LogP contribution in [-0.2, 0) is 14.3 Å². The summed E-state index contributed by atoms with van der Waals surface area (Å²) in [6.07, 6.45) is 1.32. The van der Waals surface area contributed by atoms with Crippen LogP contribution in [0.15, 0.2) is 53.4 Å². The van der Waals surface area contributed by atoms with Gasteiger partial charge in [-0.3, -0.25) is 10.1 Å². The second-order valence-corrected chi connectivity index (χ2v) is 7.61. The minimum atomic E-state index is -0.584. The van der Waals surface area contributed by atoms with E-state index in [1.54, 1.807) is 36.0 Å². The third-order valence-electron chi connectivity index (χ3n) is 4.27. The molecule has 8 heteroatoms. The van der Waals surface area contributed by atoms with Crippen LogP contribution in [0.1, 0.15) is 25.0 Å². The maximum Gasteiger partial charge on any atom is 0.412 e. The first-order valence-electron chi connectivity index (χ1n) is 9.10. The lowest BCUT2D eigenvalue weighted by Gasteiger charge is -2.25. The Balaban J connectivity index is 2.06. The zero-order chi connectivity index (χ0) is 21.2. The lowest BCUT2D eigenvalue weighted by atomic mass is 9.94. The van der Waals surface area contributed by atoms with Gasteiger partial charge in [-0.2, -0.15) is 12.6 Å². The summed E-state index contributed by atoms with van der Waals surface area (Å²) in [5.74, 6) is -0.378. The Kier molecular flexibility index (Phi) is 9.21. The van der Waals surface area contributed by atoms with Crippen LogP contribution in [0.25, 0.3) is 0 Å². The Labute approximate surface area is 180 Å². The highest BCUT2D eigenvalue weighted by Crippen LogP contribution is 2.30. The zero-order valence-corrected chi connectivity index (χ0v) is 18.0. The van der Waals surface area contributed by atoms with Crippen molar-refractivity contribution in [2.24, 2.45) is 5.92 Å². The Morgan fingerprint density at radius 1 is 1.14 bits per heavy atom. The second kappa shape index (κ2) is 11.6. The first kappa shape index (κ1) is 23.0. The van der Waals surface area contributed by atoms with Gasteiger partial charge in [0.1, 0.15) is 11.9 Å². The summed E-state index contributed by atoms with van der Waals surface area (Å²) < 4.78 is 10.8. The predicted molar refractivity (Wildman–Crippen MR) is 118 cm³/mol. The highest BCUT2D eigenvalue weighted by atomic mass is 32.2. The number of phenols is 1. The lowest BCUT2D eigenvalue weighted by molar-refractivity contribution is -0.141. The van der Waals surface area contributed by atoms with E-state index in [0.29, 0.717) is 12.1 Å². The molecule has 1 amide bonds. The number of hydrogen-bond acceptors (Lipinski definition) is 7. The highest BCUT2D eigenvalue weighted by molar-refractivity contribution is 7.98. The zero-order valence-electron chi connectivity index (χ0n) is 16.3. The van der Waals surface area contributed by atoms with Gasteiger partial charge in [-0.15, -0.1) is 11.8 Å². The fourth-order valence-electron chi connectivity index (χ4n) is 2.67. The van der Waals surface area contributed by atoms with Gasteiger partial charge in [0.05, 0.1) is 12.4 Å². The maximum absolute atomic E-state index is 12.5. The van der Waals surface area contributed by atoms with Gasteiger partial charge < -0.3 is 14.6 Å². The average molecular weight is 436 g/mol. The summed E-state index contributed by atoms with van der Waals surface area (Å²) in [4.78, 5) is 24.8. The van der Waals surface area contributed by atoms with E-state index in [4.69, 9.17) is 9.47 Å². The van der Waals surface area contributed by atoms with Crippen molar-refractivity contribution in [2.45, 2.75) is 24.3 Å². The van der Waals surface area contributed by atoms with E-state index in [1.807, 2.05) is 37.4 Å². The van der Waals surface area contributed by atoms with Crippen molar-refractivity contribution in [3.8, 4) is 5.75 Å². The Hall–Kier alpha value is -2.32. The molecule has 0 saturated carbocycles. The van der Waals surface area contributed by atoms with Gasteiger partial charge >= 0.3 is 12.1 Å². The second-order valence-electron chi connectivity index (χ2n) is 6.42. The summed E-state index contributed by atoms with van der Waals surface area (Å²) >= 11 is 5.49. The van der Waals surface area contributed by atoms with Crippen molar-refractivity contribution in [1.82, 2.24) is 0 Å². The summed E-state index contributed by atoms with van der Waals surface area (Å²) in [5, 5.41) is 12.3. The number of carbonyl (C=O) groups excluding carboxylic acids is 2. The van der Waals surface area contributed by atoms with Crippen LogP contribution in [0.5, 0.6) is 5.75 Å². The molecule has 2 atom stereocenters. The number of benzene rings is 2. The van der Waals surface area contributed by atoms with Crippen LogP contribution >= 0.6 is 24.4 Å². The number of amides is 1. The van der Waals surface area contributed by atoms with E-state index in [1.165, 1.54) is 0 Å². The number of thioether (sulfide) groups is 1. The van der Waals surface area contributed by atoms with E-state index in [2.05, 4.69) is 17.9 Å². The number of carbonyl (C=O) groups is 2. The van der Waals surface area contributed by atoms with E-state index >= 15 is 0 Å². The molecule has 156 valence electrons. The molecule has 0 bridgehead atoms. The lowest BCUT2D eigenvalue weighted by Crippen LogP contribution is -2.23. The minimum absolute atomic E-state index is 0.0179. The molecule has 2 aromatic carbocycles. The molecule has 29 heavy (non-hydrogen) atoms. The summed E-state index contributed by atoms with van der Waals surface area (Å²) in [5.41, 5.74) is 1.37. The first-order valence-corrected chi connectivity index (χ1v) is 11.0. The van der Waals surface area contributed by atoms with E-state index in [9.17, 15) is 14.7 Å². The van der Waals surface area contributed by atoms with Gasteiger partial charge in [-0.1, -0.05) is 19.1 Å². The van der Waals surface area contributed by atoms with Crippen LogP contribution in [-0.4, -0.2) is 35.8 Å². The SMILES string of the molecule is CSc1ccc(NC(=O)O[C@@H](c2ccc(O)cc2)[C@H](C)CCOC(=O)CS)cc1. The normalized spacial score (nSPS) is 12.7. The molecule has 0 fully saturated rings. The molecule has 0 aliphatic rings. The Morgan fingerprint density at radius 2 is 1.79 bits per heavy atom. The molecule has 0 aliphatic heterocycles. The number of phenolic OH excluding ortho intramolecular Hbond substituents is 1. The highest BCUT2D eigenvalue weighted by Gasteiger charge is 2.24. The number of ether oxygens (including phenoxy) is 2. The van der Waals surface area contributed by atoms with Crippen LogP contribution in [0.4, 0.5) is 10.5 Å². The Bertz CT molecular complexity index is 796. The van der Waals surface area contributed by atoms with Crippen LogP contribution in [0.3, 0.4) is 0 Å². The Morgan fingerprint density at radius 3 is 2.38 bits per heavy atom. The fourth-order valence-corrected chi connectivity index (χ4v) is 3.17. The number of hydrogen-bond donors (Lipinski definition) is 3. The molecule has 0 spiro atoms. The standard InChI is InChI=1S/C21H25NO5S2/c1-14(11-12-26-19(24)13-28)20(15-3-7-17(23)8-4-15)27-21(25)22-16-5-9-18(29-2)10-6-16/h3-10,14,20,23,28H,11-13H2,1-2H3,(H,22,25)/t14-,20-/m1/s1. The monoisotopic (exact) mass is 435 g/mol. The summed E-state index contributed by atoms with van der Waals surface area (Å²) in [6.45, 7) is 2.11. The first-order chi connectivity index (χ1) is 13.9. The number of rotatable bonds is 9. The van der Waals surface area contributed by atoms with Crippen molar-refractivity contribution in [3.05, 3.63) is 54.1 Å². The van der Waals surface area contributed by atoms with E-state index in [-0.39, 0.29) is 24.0 Å². The van der Waals surface area contributed by atoms with Crippen LogP contribution in [0, 0.1) is 5.92 Å². The number of nitrogens with one attached hydrogen (secondary N) is 1. The van der Waals surface area contributed by atoms with Crippen molar-refractivity contribution in [2.75, 3.05) is 23.9 Å². The third kappa shape index (κ3) is 7.55. The largest absolute Gasteiger partial charge is 0.508 e. The van der Waals surface area contributed by atoms with Crippen LogP contribution < -0.4 is 5.32 Å². The van der Waals surface area contributed by atoms with E-state index in [0.717, 1.165) is 10.5 Å². The van der Waals surface area contributed by atoms with Gasteiger partial charge in [0.25, 0.3) is 0 Å². The molecule has 2 aromatic rings. The van der Waals surface area contributed by atoms with Gasteiger partial charge in [0, 0.05) is 16.5 Å². The van der Waals surface area contributed by atoms with Crippen LogP contribution in [0.2, 0.25) is 0 Å². The molecular formula is C21H25NO5S2. The van der Waals surface area contributed by atoms with Gasteiger partial charge in [0.15, 0.2) is 0 Å². The number of esters is 1. The predicted octanol–water partition coefficient (Wildman–Crippen LogP) is 4.90. The summed E-state index contributed by atoms with van der Waals surface area (Å²) in [6, 6.07) is 13.9. The molecule has 2 N–H and O–H groups in total. The van der Waals surface area contributed by atoms with Gasteiger partial charge in [-0.05, 0) is 54.6 Å². The average Bonchev–Trinajstić information content (AvgIpc) is 2.73. The van der Waals surface area contributed by atoms with Gasteiger partial charge in [0.2, 0.25) is 0 Å². The van der Waals surface area contributed by atoms with Crippen molar-refractivity contribution >= 4 is 42.1 Å². The number of thiol groups is 1. The number of aromatic hydroxyl groups is 1. The fraction of sp³-hybridized carbons (Fsp3) is 0.333. The molecule has 0 aliphatic carbocycles. The topological polar surface area (TPSA) is 84.9 Å². The molecule has 0 saturated heterocycles. The molecule has 0 radical (unpaired) electrons. The summed E-state index contributed by atoms with van der Waals surface area (Å²) in [7, 11) is 0. The molecule has 6 nitrogen and oxygen atoms in total. The minimum Gasteiger partial charge on any atom is -0.508 e. The van der Waals surface area contributed by atoms with Crippen molar-refractivity contribution in [1.29, 1.82) is 0 Å². The molecule has 2 rings (SSSR count). The molecule has 0 aromatic heterocycles. The van der Waals surface area contributed by atoms with Crippen molar-refractivity contribution in [3.63, 3.8) is 0 Å². The smallest absolute Gasteiger partial charge is 0.412 e. The quantitative estimate of drug-likeness (QED) is 0.295. The van der Waals surface area contributed by atoms with Gasteiger partial charge in [-0.25, -0.2) is 4.79 Å².